The Hall–Kier alpha value is -1.37. The highest BCUT2D eigenvalue weighted by molar-refractivity contribution is 6.10. The Morgan fingerprint density at radius 1 is 1.06 bits per heavy atom. The van der Waals surface area contributed by atoms with Crippen molar-refractivity contribution in [2.75, 3.05) is 0 Å². The number of Topliss-reactive ketones (excluding diaryl/α,β-unsaturated/α-hetero) is 1. The molecule has 0 N–H and O–H groups in total. The maximum atomic E-state index is 12.5. The summed E-state index contributed by atoms with van der Waals surface area (Å²) in [7, 11) is 0. The lowest BCUT2D eigenvalue weighted by atomic mass is 9.88. The standard InChI is InChI=1S/C16H20O/c1-11-9-12(2)15(13(3)10-11)16(17)14-7-5-4-6-8-14/h7,9-10H,4-6,8H2,1-3H3. The molecule has 90 valence electrons. The quantitative estimate of drug-likeness (QED) is 0.690. The van der Waals surface area contributed by atoms with E-state index in [4.69, 9.17) is 0 Å². The maximum Gasteiger partial charge on any atom is 0.189 e. The first-order valence-corrected chi connectivity index (χ1v) is 6.41. The van der Waals surface area contributed by atoms with Crippen LogP contribution in [-0.4, -0.2) is 5.78 Å². The summed E-state index contributed by atoms with van der Waals surface area (Å²) in [4.78, 5) is 12.5. The Kier molecular flexibility index (Phi) is 3.46. The van der Waals surface area contributed by atoms with Crippen LogP contribution in [0.2, 0.25) is 0 Å². The van der Waals surface area contributed by atoms with Gasteiger partial charge in [0.2, 0.25) is 0 Å². The van der Waals surface area contributed by atoms with Crippen LogP contribution in [0.1, 0.15) is 52.7 Å². The van der Waals surface area contributed by atoms with Gasteiger partial charge in [-0.2, -0.15) is 0 Å². The second-order valence-corrected chi connectivity index (χ2v) is 5.08. The molecule has 0 bridgehead atoms. The van der Waals surface area contributed by atoms with Gasteiger partial charge in [-0.05, 0) is 63.2 Å². The van der Waals surface area contributed by atoms with E-state index in [0.717, 1.165) is 41.5 Å². The molecule has 0 spiro atoms. The average molecular weight is 228 g/mol. The number of aryl methyl sites for hydroxylation is 3. The number of carbonyl (C=O) groups is 1. The molecule has 0 aliphatic heterocycles. The number of ketones is 1. The van der Waals surface area contributed by atoms with Gasteiger partial charge in [0, 0.05) is 5.56 Å². The van der Waals surface area contributed by atoms with E-state index >= 15 is 0 Å². The highest BCUT2D eigenvalue weighted by atomic mass is 16.1. The van der Waals surface area contributed by atoms with Gasteiger partial charge in [-0.1, -0.05) is 23.8 Å². The predicted octanol–water partition coefficient (Wildman–Crippen LogP) is 4.29. The van der Waals surface area contributed by atoms with Crippen LogP contribution in [0.5, 0.6) is 0 Å². The van der Waals surface area contributed by atoms with Gasteiger partial charge < -0.3 is 0 Å². The molecule has 0 atom stereocenters. The van der Waals surface area contributed by atoms with E-state index in [1.54, 1.807) is 0 Å². The molecule has 1 aliphatic carbocycles. The minimum Gasteiger partial charge on any atom is -0.289 e. The normalized spacial score (nSPS) is 15.6. The lowest BCUT2D eigenvalue weighted by molar-refractivity contribution is 0.102. The molecular formula is C16H20O. The highest BCUT2D eigenvalue weighted by Gasteiger charge is 2.18. The second kappa shape index (κ2) is 4.87. The average Bonchev–Trinajstić information content (AvgIpc) is 2.28. The van der Waals surface area contributed by atoms with Crippen molar-refractivity contribution >= 4 is 5.78 Å². The van der Waals surface area contributed by atoms with E-state index in [9.17, 15) is 4.79 Å². The Morgan fingerprint density at radius 3 is 2.24 bits per heavy atom. The minimum absolute atomic E-state index is 0.250. The molecule has 1 aromatic rings. The molecule has 0 saturated carbocycles. The summed E-state index contributed by atoms with van der Waals surface area (Å²) in [6.45, 7) is 6.15. The van der Waals surface area contributed by atoms with E-state index in [1.165, 1.54) is 12.0 Å². The number of allylic oxidation sites excluding steroid dienone is 2. The van der Waals surface area contributed by atoms with Crippen molar-refractivity contribution in [1.82, 2.24) is 0 Å². The van der Waals surface area contributed by atoms with Crippen LogP contribution in [-0.2, 0) is 0 Å². The van der Waals surface area contributed by atoms with Crippen LogP contribution in [0.4, 0.5) is 0 Å². The maximum absolute atomic E-state index is 12.5. The van der Waals surface area contributed by atoms with E-state index in [0.29, 0.717) is 0 Å². The van der Waals surface area contributed by atoms with Crippen molar-refractivity contribution in [3.05, 3.63) is 46.0 Å². The molecule has 0 fully saturated rings. The molecule has 2 rings (SSSR count). The molecule has 0 aromatic heterocycles. The zero-order valence-corrected chi connectivity index (χ0v) is 11.0. The summed E-state index contributed by atoms with van der Waals surface area (Å²) in [6, 6.07) is 4.20. The third-order valence-electron chi connectivity index (χ3n) is 3.49. The fourth-order valence-corrected chi connectivity index (χ4v) is 2.74. The van der Waals surface area contributed by atoms with Gasteiger partial charge in [0.1, 0.15) is 0 Å². The Morgan fingerprint density at radius 2 is 1.71 bits per heavy atom. The highest BCUT2D eigenvalue weighted by Crippen LogP contribution is 2.25. The molecule has 17 heavy (non-hydrogen) atoms. The summed E-state index contributed by atoms with van der Waals surface area (Å²) in [5.74, 6) is 0.250. The largest absolute Gasteiger partial charge is 0.289 e. The van der Waals surface area contributed by atoms with Gasteiger partial charge in [-0.25, -0.2) is 0 Å². The first-order valence-electron chi connectivity index (χ1n) is 6.41. The summed E-state index contributed by atoms with van der Waals surface area (Å²) in [5.41, 5.74) is 5.39. The van der Waals surface area contributed by atoms with Crippen LogP contribution in [0, 0.1) is 20.8 Å². The van der Waals surface area contributed by atoms with Crippen LogP contribution in [0.25, 0.3) is 0 Å². The van der Waals surface area contributed by atoms with Gasteiger partial charge in [-0.15, -0.1) is 0 Å². The first kappa shape index (κ1) is 12.1. The topological polar surface area (TPSA) is 17.1 Å². The lowest BCUT2D eigenvalue weighted by Gasteiger charge is -2.15. The number of hydrogen-bond acceptors (Lipinski definition) is 1. The third kappa shape index (κ3) is 2.49. The summed E-state index contributed by atoms with van der Waals surface area (Å²) in [6.07, 6.45) is 6.52. The van der Waals surface area contributed by atoms with Crippen molar-refractivity contribution < 1.29 is 4.79 Å². The summed E-state index contributed by atoms with van der Waals surface area (Å²) < 4.78 is 0. The monoisotopic (exact) mass is 228 g/mol. The minimum atomic E-state index is 0.250. The van der Waals surface area contributed by atoms with Gasteiger partial charge >= 0.3 is 0 Å². The van der Waals surface area contributed by atoms with Crippen molar-refractivity contribution in [3.8, 4) is 0 Å². The van der Waals surface area contributed by atoms with Gasteiger partial charge in [0.15, 0.2) is 5.78 Å². The number of carbonyl (C=O) groups excluding carboxylic acids is 1. The van der Waals surface area contributed by atoms with Crippen molar-refractivity contribution in [3.63, 3.8) is 0 Å². The van der Waals surface area contributed by atoms with Crippen molar-refractivity contribution in [2.24, 2.45) is 0 Å². The van der Waals surface area contributed by atoms with Crippen LogP contribution in [0.3, 0.4) is 0 Å². The molecule has 1 heteroatoms. The smallest absolute Gasteiger partial charge is 0.189 e. The molecule has 0 amide bonds. The molecule has 1 aliphatic rings. The van der Waals surface area contributed by atoms with E-state index in [2.05, 4.69) is 25.1 Å². The summed E-state index contributed by atoms with van der Waals surface area (Å²) >= 11 is 0. The number of rotatable bonds is 2. The predicted molar refractivity (Wildman–Crippen MR) is 71.5 cm³/mol. The van der Waals surface area contributed by atoms with Crippen LogP contribution in [0.15, 0.2) is 23.8 Å². The van der Waals surface area contributed by atoms with Gasteiger partial charge in [0.25, 0.3) is 0 Å². The second-order valence-electron chi connectivity index (χ2n) is 5.08. The molecular weight excluding hydrogens is 208 g/mol. The molecule has 1 aromatic carbocycles. The Bertz CT molecular complexity index is 457. The van der Waals surface area contributed by atoms with Gasteiger partial charge in [-0.3, -0.25) is 4.79 Å². The summed E-state index contributed by atoms with van der Waals surface area (Å²) in [5, 5.41) is 0. The molecule has 0 heterocycles. The Balaban J connectivity index is 2.40. The zero-order chi connectivity index (χ0) is 12.4. The zero-order valence-electron chi connectivity index (χ0n) is 11.0. The first-order chi connectivity index (χ1) is 8.09. The van der Waals surface area contributed by atoms with Crippen LogP contribution < -0.4 is 0 Å². The van der Waals surface area contributed by atoms with Crippen LogP contribution >= 0.6 is 0 Å². The van der Waals surface area contributed by atoms with Gasteiger partial charge in [0.05, 0.1) is 0 Å². The number of benzene rings is 1. The lowest BCUT2D eigenvalue weighted by Crippen LogP contribution is -2.10. The van der Waals surface area contributed by atoms with Crippen molar-refractivity contribution in [1.29, 1.82) is 0 Å². The number of hydrogen-bond donors (Lipinski definition) is 0. The molecule has 0 saturated heterocycles. The third-order valence-corrected chi connectivity index (χ3v) is 3.49. The van der Waals surface area contributed by atoms with E-state index < -0.39 is 0 Å². The molecule has 1 nitrogen and oxygen atoms in total. The molecule has 0 unspecified atom stereocenters. The SMILES string of the molecule is Cc1cc(C)c(C(=O)C2=CCCCC2)c(C)c1. The molecule has 0 radical (unpaired) electrons. The van der Waals surface area contributed by atoms with E-state index in [-0.39, 0.29) is 5.78 Å². The fourth-order valence-electron chi connectivity index (χ4n) is 2.74. The Labute approximate surface area is 104 Å². The fraction of sp³-hybridized carbons (Fsp3) is 0.438. The van der Waals surface area contributed by atoms with E-state index in [1.807, 2.05) is 13.8 Å². The van der Waals surface area contributed by atoms with Crippen molar-refractivity contribution in [2.45, 2.75) is 46.5 Å².